The van der Waals surface area contributed by atoms with Gasteiger partial charge in [0.05, 0.1) is 16.7 Å². The van der Waals surface area contributed by atoms with Gasteiger partial charge in [0.1, 0.15) is 6.33 Å². The molecule has 2 heteroatoms. The van der Waals surface area contributed by atoms with Gasteiger partial charge < -0.3 is 0 Å². The molecule has 52 heavy (non-hydrogen) atoms. The summed E-state index contributed by atoms with van der Waals surface area (Å²) < 4.78 is 2.34. The second kappa shape index (κ2) is 17.9. The monoisotopic (exact) mass is 695 g/mol. The second-order valence-corrected chi connectivity index (χ2v) is 16.2. The van der Waals surface area contributed by atoms with E-state index in [0.717, 1.165) is 31.2 Å². The average molecular weight is 695 g/mol. The van der Waals surface area contributed by atoms with Gasteiger partial charge in [0.2, 0.25) is 0 Å². The molecule has 0 amide bonds. The van der Waals surface area contributed by atoms with Crippen LogP contribution in [0.1, 0.15) is 164 Å². The van der Waals surface area contributed by atoms with Gasteiger partial charge in [-0.05, 0) is 114 Å². The van der Waals surface area contributed by atoms with E-state index >= 15 is 0 Å². The van der Waals surface area contributed by atoms with Gasteiger partial charge in [0, 0.05) is 5.41 Å². The first-order valence-electron chi connectivity index (χ1n) is 21.3. The molecule has 2 nitrogen and oxygen atoms in total. The first-order valence-corrected chi connectivity index (χ1v) is 21.3. The topological polar surface area (TPSA) is 17.8 Å². The number of imidazole rings is 1. The highest BCUT2D eigenvalue weighted by Gasteiger charge is 2.42. The van der Waals surface area contributed by atoms with E-state index in [1.807, 2.05) is 0 Å². The Balaban J connectivity index is 1.37. The van der Waals surface area contributed by atoms with Crippen molar-refractivity contribution in [3.8, 4) is 27.9 Å². The molecule has 0 saturated carbocycles. The Morgan fingerprint density at radius 2 is 1.12 bits per heavy atom. The van der Waals surface area contributed by atoms with E-state index in [1.165, 1.54) is 146 Å². The molecule has 0 N–H and O–H groups in total. The summed E-state index contributed by atoms with van der Waals surface area (Å²) in [6.45, 7) is 13.8. The summed E-state index contributed by atoms with van der Waals surface area (Å²) in [6, 6.07) is 26.6. The quantitative estimate of drug-likeness (QED) is 0.0742. The molecule has 1 aromatic heterocycles. The van der Waals surface area contributed by atoms with Crippen LogP contribution in [0.2, 0.25) is 0 Å². The van der Waals surface area contributed by atoms with Gasteiger partial charge in [0.25, 0.3) is 0 Å². The molecule has 0 unspecified atom stereocenters. The van der Waals surface area contributed by atoms with Gasteiger partial charge in [-0.3, -0.25) is 4.57 Å². The summed E-state index contributed by atoms with van der Waals surface area (Å²) in [6.07, 6.45) is 25.2. The lowest BCUT2D eigenvalue weighted by Gasteiger charge is -2.33. The minimum atomic E-state index is 0.0885. The lowest BCUT2D eigenvalue weighted by atomic mass is 9.70. The first kappa shape index (κ1) is 38.1. The summed E-state index contributed by atoms with van der Waals surface area (Å²) in [7, 11) is 0. The van der Waals surface area contributed by atoms with Crippen molar-refractivity contribution in [2.75, 3.05) is 0 Å². The van der Waals surface area contributed by atoms with Crippen LogP contribution in [-0.2, 0) is 18.3 Å². The van der Waals surface area contributed by atoms with Gasteiger partial charge in [-0.15, -0.1) is 0 Å². The van der Waals surface area contributed by atoms with Gasteiger partial charge >= 0.3 is 0 Å². The maximum Gasteiger partial charge on any atom is 0.100 e. The van der Waals surface area contributed by atoms with Crippen molar-refractivity contribution in [3.05, 3.63) is 106 Å². The average Bonchev–Trinajstić information content (AvgIpc) is 3.68. The fraction of sp³-hybridized carbons (Fsp3) is 0.500. The first-order chi connectivity index (χ1) is 25.4. The van der Waals surface area contributed by atoms with E-state index in [-0.39, 0.29) is 5.41 Å². The van der Waals surface area contributed by atoms with Crippen molar-refractivity contribution in [1.82, 2.24) is 9.55 Å². The molecular weight excluding hydrogens is 629 g/mol. The minimum Gasteiger partial charge on any atom is -0.299 e. The van der Waals surface area contributed by atoms with Crippen LogP contribution >= 0.6 is 0 Å². The lowest BCUT2D eigenvalue weighted by molar-refractivity contribution is 0.398. The Kier molecular flexibility index (Phi) is 13.1. The predicted molar refractivity (Wildman–Crippen MR) is 226 cm³/mol. The summed E-state index contributed by atoms with van der Waals surface area (Å²) in [5, 5.41) is 0. The number of aryl methyl sites for hydroxylation is 4. The maximum atomic E-state index is 5.03. The van der Waals surface area contributed by atoms with Gasteiger partial charge in [-0.1, -0.05) is 166 Å². The number of unbranched alkanes of at least 4 members (excludes halogenated alkanes) is 10. The molecule has 0 aliphatic heterocycles. The smallest absolute Gasteiger partial charge is 0.100 e. The summed E-state index contributed by atoms with van der Waals surface area (Å²) in [5.74, 6) is 0. The van der Waals surface area contributed by atoms with E-state index in [1.54, 1.807) is 11.1 Å². The van der Waals surface area contributed by atoms with Crippen LogP contribution < -0.4 is 0 Å². The highest BCUT2D eigenvalue weighted by molar-refractivity contribution is 5.87. The number of hydrogen-bond acceptors (Lipinski definition) is 1. The third-order valence-corrected chi connectivity index (χ3v) is 12.1. The summed E-state index contributed by atoms with van der Waals surface area (Å²) >= 11 is 0. The van der Waals surface area contributed by atoms with Crippen LogP contribution in [0.5, 0.6) is 0 Å². The van der Waals surface area contributed by atoms with Crippen LogP contribution in [0.25, 0.3) is 39.0 Å². The second-order valence-electron chi connectivity index (χ2n) is 16.2. The van der Waals surface area contributed by atoms with Crippen molar-refractivity contribution >= 4 is 11.0 Å². The van der Waals surface area contributed by atoms with Crippen molar-refractivity contribution < 1.29 is 0 Å². The van der Waals surface area contributed by atoms with Crippen molar-refractivity contribution in [2.45, 2.75) is 163 Å². The molecule has 0 spiro atoms. The Labute approximate surface area is 316 Å². The standard InChI is InChI=1S/C50H66N2/c1-7-11-13-15-17-19-29-50(30-20-18-16-14-12-8-2)45-31-37(5)23-26-43(45)44-27-24-40(33-46(44)50)41-25-28-48-47(34-41)51-36-52(48)49-35-39(21-9-3)38(6)32-42(49)22-10-4/h23-28,31-36H,7-22,29-30H2,1-6H3. The Bertz CT molecular complexity index is 1910. The highest BCUT2D eigenvalue weighted by atomic mass is 15.0. The van der Waals surface area contributed by atoms with Gasteiger partial charge in [0.15, 0.2) is 0 Å². The molecule has 1 aliphatic carbocycles. The Hall–Kier alpha value is -3.65. The number of fused-ring (bicyclic) bond motifs is 4. The van der Waals surface area contributed by atoms with Crippen molar-refractivity contribution in [3.63, 3.8) is 0 Å². The Morgan fingerprint density at radius 3 is 1.79 bits per heavy atom. The number of aromatic nitrogens is 2. The number of nitrogens with zero attached hydrogens (tertiary/aromatic N) is 2. The minimum absolute atomic E-state index is 0.0885. The SMILES string of the molecule is CCCCCCCCC1(CCCCCCCC)c2cc(C)ccc2-c2ccc(-c3ccc4c(c3)ncn4-c3cc(CCC)c(C)cc3CCC)cc21. The molecule has 5 aromatic rings. The molecule has 0 saturated heterocycles. The lowest BCUT2D eigenvalue weighted by Crippen LogP contribution is -2.25. The number of rotatable bonds is 20. The van der Waals surface area contributed by atoms with Crippen LogP contribution in [-0.4, -0.2) is 9.55 Å². The Morgan fingerprint density at radius 1 is 0.538 bits per heavy atom. The normalized spacial score (nSPS) is 13.2. The van der Waals surface area contributed by atoms with Crippen molar-refractivity contribution in [2.24, 2.45) is 0 Å². The molecular formula is C50H66N2. The van der Waals surface area contributed by atoms with Crippen molar-refractivity contribution in [1.29, 1.82) is 0 Å². The fourth-order valence-electron chi connectivity index (χ4n) is 9.28. The highest BCUT2D eigenvalue weighted by Crippen LogP contribution is 2.55. The molecule has 4 aromatic carbocycles. The largest absolute Gasteiger partial charge is 0.299 e. The zero-order valence-corrected chi connectivity index (χ0v) is 33.6. The molecule has 6 rings (SSSR count). The summed E-state index contributed by atoms with van der Waals surface area (Å²) in [4.78, 5) is 5.03. The zero-order chi connectivity index (χ0) is 36.5. The van der Waals surface area contributed by atoms with Crippen LogP contribution in [0.15, 0.2) is 73.1 Å². The van der Waals surface area contributed by atoms with E-state index in [9.17, 15) is 0 Å². The van der Waals surface area contributed by atoms with Crippen LogP contribution in [0, 0.1) is 13.8 Å². The molecule has 0 fully saturated rings. The molecule has 0 atom stereocenters. The molecule has 1 aliphatic rings. The maximum absolute atomic E-state index is 5.03. The van der Waals surface area contributed by atoms with E-state index in [0.29, 0.717) is 0 Å². The van der Waals surface area contributed by atoms with E-state index in [4.69, 9.17) is 4.98 Å². The predicted octanol–water partition coefficient (Wildman–Crippen LogP) is 15.0. The third kappa shape index (κ3) is 8.12. The van der Waals surface area contributed by atoms with Gasteiger partial charge in [-0.2, -0.15) is 0 Å². The van der Waals surface area contributed by atoms with Crippen LogP contribution in [0.4, 0.5) is 0 Å². The number of hydrogen-bond donors (Lipinski definition) is 0. The fourth-order valence-corrected chi connectivity index (χ4v) is 9.28. The molecule has 0 bridgehead atoms. The van der Waals surface area contributed by atoms with Gasteiger partial charge in [-0.25, -0.2) is 4.98 Å². The van der Waals surface area contributed by atoms with Crippen LogP contribution in [0.3, 0.4) is 0 Å². The molecule has 1 heterocycles. The summed E-state index contributed by atoms with van der Waals surface area (Å²) in [5.41, 5.74) is 18.0. The van der Waals surface area contributed by atoms with E-state index < -0.39 is 0 Å². The number of benzene rings is 4. The molecule has 0 radical (unpaired) electrons. The zero-order valence-electron chi connectivity index (χ0n) is 33.6. The molecule has 276 valence electrons. The third-order valence-electron chi connectivity index (χ3n) is 12.1. The van der Waals surface area contributed by atoms with E-state index in [2.05, 4.69) is 119 Å².